The second-order valence-corrected chi connectivity index (χ2v) is 8.24. The number of rotatable bonds is 7. The lowest BCUT2D eigenvalue weighted by atomic mass is 9.94. The second-order valence-electron chi connectivity index (χ2n) is 8.24. The van der Waals surface area contributed by atoms with E-state index in [0.29, 0.717) is 16.8 Å². The van der Waals surface area contributed by atoms with E-state index in [2.05, 4.69) is 5.10 Å². The van der Waals surface area contributed by atoms with Crippen molar-refractivity contribution in [3.8, 4) is 11.3 Å². The Labute approximate surface area is 195 Å². The maximum Gasteiger partial charge on any atom is 0.416 e. The SMILES string of the molecule is Cc1ccc(-c2cc(CC(C(=O)O)c3ccccc3)nn2Cc2ccc(C(F)(F)F)cc2)cc1. The van der Waals surface area contributed by atoms with E-state index < -0.39 is 23.6 Å². The molecule has 1 atom stereocenters. The van der Waals surface area contributed by atoms with Gasteiger partial charge < -0.3 is 5.11 Å². The zero-order chi connectivity index (χ0) is 24.3. The van der Waals surface area contributed by atoms with Crippen LogP contribution in [0.5, 0.6) is 0 Å². The molecular formula is C27H23F3N2O2. The molecular weight excluding hydrogens is 441 g/mol. The van der Waals surface area contributed by atoms with Crippen LogP contribution in [0, 0.1) is 6.92 Å². The molecule has 4 rings (SSSR count). The highest BCUT2D eigenvalue weighted by Crippen LogP contribution is 2.30. The lowest BCUT2D eigenvalue weighted by Crippen LogP contribution is -2.15. The Morgan fingerprint density at radius 3 is 2.21 bits per heavy atom. The molecule has 0 bridgehead atoms. The van der Waals surface area contributed by atoms with E-state index in [1.165, 1.54) is 12.1 Å². The minimum absolute atomic E-state index is 0.193. The Kier molecular flexibility index (Phi) is 6.54. The van der Waals surface area contributed by atoms with E-state index >= 15 is 0 Å². The molecule has 4 nitrogen and oxygen atoms in total. The fourth-order valence-electron chi connectivity index (χ4n) is 3.86. The van der Waals surface area contributed by atoms with Crippen LogP contribution >= 0.6 is 0 Å². The van der Waals surface area contributed by atoms with E-state index in [-0.39, 0.29) is 13.0 Å². The molecule has 4 aromatic rings. The highest BCUT2D eigenvalue weighted by atomic mass is 19.4. The number of aryl methyl sites for hydroxylation is 1. The van der Waals surface area contributed by atoms with Crippen molar-refractivity contribution in [2.24, 2.45) is 0 Å². The molecule has 1 heterocycles. The molecule has 0 aliphatic heterocycles. The van der Waals surface area contributed by atoms with Gasteiger partial charge in [0.1, 0.15) is 0 Å². The van der Waals surface area contributed by atoms with Crippen molar-refractivity contribution >= 4 is 5.97 Å². The average molecular weight is 464 g/mol. The summed E-state index contributed by atoms with van der Waals surface area (Å²) in [7, 11) is 0. The summed E-state index contributed by atoms with van der Waals surface area (Å²) >= 11 is 0. The third-order valence-electron chi connectivity index (χ3n) is 5.70. The molecule has 1 unspecified atom stereocenters. The normalized spacial score (nSPS) is 12.5. The average Bonchev–Trinajstić information content (AvgIpc) is 3.20. The standard InChI is InChI=1S/C27H23F3N2O2/c1-18-7-11-21(12-8-18)25-16-23(15-24(26(33)34)20-5-3-2-4-6-20)31-32(25)17-19-9-13-22(14-10-19)27(28,29)30/h2-14,16,24H,15,17H2,1H3,(H,33,34). The van der Waals surface area contributed by atoms with E-state index in [9.17, 15) is 23.1 Å². The Balaban J connectivity index is 1.68. The lowest BCUT2D eigenvalue weighted by Gasteiger charge is -2.11. The van der Waals surface area contributed by atoms with Gasteiger partial charge in [-0.25, -0.2) is 0 Å². The highest BCUT2D eigenvalue weighted by Gasteiger charge is 2.30. The maximum absolute atomic E-state index is 12.9. The van der Waals surface area contributed by atoms with Gasteiger partial charge in [0.2, 0.25) is 0 Å². The van der Waals surface area contributed by atoms with Crippen molar-refractivity contribution in [2.75, 3.05) is 0 Å². The monoisotopic (exact) mass is 464 g/mol. The number of alkyl halides is 3. The molecule has 7 heteroatoms. The van der Waals surface area contributed by atoms with Gasteiger partial charge >= 0.3 is 12.1 Å². The van der Waals surface area contributed by atoms with E-state index in [4.69, 9.17) is 0 Å². The smallest absolute Gasteiger partial charge is 0.416 e. The Bertz CT molecular complexity index is 1260. The zero-order valence-electron chi connectivity index (χ0n) is 18.5. The third-order valence-corrected chi connectivity index (χ3v) is 5.70. The highest BCUT2D eigenvalue weighted by molar-refractivity contribution is 5.76. The molecule has 34 heavy (non-hydrogen) atoms. The number of benzene rings is 3. The molecule has 1 N–H and O–H groups in total. The van der Waals surface area contributed by atoms with Gasteiger partial charge in [-0.15, -0.1) is 0 Å². The molecule has 0 spiro atoms. The van der Waals surface area contributed by atoms with Crippen LogP contribution in [-0.4, -0.2) is 20.9 Å². The van der Waals surface area contributed by atoms with E-state index in [1.54, 1.807) is 28.9 Å². The molecule has 3 aromatic carbocycles. The first kappa shape index (κ1) is 23.3. The quantitative estimate of drug-likeness (QED) is 0.347. The second kappa shape index (κ2) is 9.55. The number of carbonyl (C=O) groups is 1. The molecule has 0 fully saturated rings. The lowest BCUT2D eigenvalue weighted by molar-refractivity contribution is -0.139. The van der Waals surface area contributed by atoms with Crippen molar-refractivity contribution in [3.63, 3.8) is 0 Å². The van der Waals surface area contributed by atoms with Crippen molar-refractivity contribution < 1.29 is 23.1 Å². The number of halogens is 3. The van der Waals surface area contributed by atoms with Crippen molar-refractivity contribution in [1.82, 2.24) is 9.78 Å². The number of aliphatic carboxylic acids is 1. The van der Waals surface area contributed by atoms with Crippen molar-refractivity contribution in [2.45, 2.75) is 32.0 Å². The summed E-state index contributed by atoms with van der Waals surface area (Å²) in [4.78, 5) is 12.0. The van der Waals surface area contributed by atoms with Crippen LogP contribution < -0.4 is 0 Å². The molecule has 0 amide bonds. The first-order valence-corrected chi connectivity index (χ1v) is 10.8. The maximum atomic E-state index is 12.9. The van der Waals surface area contributed by atoms with E-state index in [0.717, 1.165) is 29.0 Å². The number of hydrogen-bond acceptors (Lipinski definition) is 2. The molecule has 0 radical (unpaired) electrons. The molecule has 174 valence electrons. The van der Waals surface area contributed by atoms with Crippen molar-refractivity contribution in [1.29, 1.82) is 0 Å². The number of aromatic nitrogens is 2. The Morgan fingerprint density at radius 2 is 1.62 bits per heavy atom. The first-order valence-electron chi connectivity index (χ1n) is 10.8. The predicted octanol–water partition coefficient (Wildman–Crippen LogP) is 6.34. The number of nitrogens with zero attached hydrogens (tertiary/aromatic N) is 2. The summed E-state index contributed by atoms with van der Waals surface area (Å²) in [5.74, 6) is -1.71. The van der Waals surface area contributed by atoms with Gasteiger partial charge in [0.25, 0.3) is 0 Å². The zero-order valence-corrected chi connectivity index (χ0v) is 18.5. The third kappa shape index (κ3) is 5.36. The summed E-state index contributed by atoms with van der Waals surface area (Å²) in [6.45, 7) is 2.23. The number of hydrogen-bond donors (Lipinski definition) is 1. The van der Waals surface area contributed by atoms with Crippen LogP contribution in [0.3, 0.4) is 0 Å². The Hall–Kier alpha value is -3.87. The van der Waals surface area contributed by atoms with Crippen LogP contribution in [0.1, 0.15) is 33.9 Å². The summed E-state index contributed by atoms with van der Waals surface area (Å²) in [6.07, 6.45) is -4.20. The van der Waals surface area contributed by atoms with Gasteiger partial charge in [0.05, 0.1) is 29.4 Å². The largest absolute Gasteiger partial charge is 0.481 e. The summed E-state index contributed by atoms with van der Waals surface area (Å²) in [6, 6.07) is 23.7. The van der Waals surface area contributed by atoms with Gasteiger partial charge in [0, 0.05) is 6.42 Å². The molecule has 0 aliphatic carbocycles. The van der Waals surface area contributed by atoms with Crippen LogP contribution in [0.15, 0.2) is 84.9 Å². The fraction of sp³-hybridized carbons (Fsp3) is 0.185. The van der Waals surface area contributed by atoms with Gasteiger partial charge in [-0.2, -0.15) is 18.3 Å². The molecule has 0 saturated heterocycles. The van der Waals surface area contributed by atoms with Crippen LogP contribution in [0.25, 0.3) is 11.3 Å². The van der Waals surface area contributed by atoms with Gasteiger partial charge in [0.15, 0.2) is 0 Å². The van der Waals surface area contributed by atoms with Crippen molar-refractivity contribution in [3.05, 3.63) is 113 Å². The van der Waals surface area contributed by atoms with Crippen LogP contribution in [0.2, 0.25) is 0 Å². The first-order chi connectivity index (χ1) is 16.2. The molecule has 0 saturated carbocycles. The van der Waals surface area contributed by atoms with E-state index in [1.807, 2.05) is 43.3 Å². The summed E-state index contributed by atoms with van der Waals surface area (Å²) in [5, 5.41) is 14.5. The summed E-state index contributed by atoms with van der Waals surface area (Å²) < 4.78 is 40.5. The molecule has 1 aromatic heterocycles. The minimum Gasteiger partial charge on any atom is -0.481 e. The predicted molar refractivity (Wildman–Crippen MR) is 123 cm³/mol. The van der Waals surface area contributed by atoms with Crippen LogP contribution in [0.4, 0.5) is 13.2 Å². The number of carboxylic acid groups (broad SMARTS) is 1. The minimum atomic E-state index is -4.40. The molecule has 0 aliphatic rings. The summed E-state index contributed by atoms with van der Waals surface area (Å²) in [5.41, 5.74) is 3.99. The van der Waals surface area contributed by atoms with Gasteiger partial charge in [-0.1, -0.05) is 72.3 Å². The Morgan fingerprint density at radius 1 is 0.971 bits per heavy atom. The van der Waals surface area contributed by atoms with Gasteiger partial charge in [-0.3, -0.25) is 9.48 Å². The van der Waals surface area contributed by atoms with Crippen LogP contribution in [-0.2, 0) is 23.9 Å². The van der Waals surface area contributed by atoms with Gasteiger partial charge in [-0.05, 0) is 41.8 Å². The fourth-order valence-corrected chi connectivity index (χ4v) is 3.86. The number of carboxylic acids is 1. The topological polar surface area (TPSA) is 55.1 Å².